The van der Waals surface area contributed by atoms with Gasteiger partial charge in [-0.2, -0.15) is 0 Å². The average molecular weight is 459 g/mol. The first-order valence-corrected chi connectivity index (χ1v) is 8.88. The number of rotatable bonds is 3. The minimum absolute atomic E-state index is 0.0393. The fraction of sp³-hybridized carbons (Fsp3) is 0. The first kappa shape index (κ1) is 16.5. The summed E-state index contributed by atoms with van der Waals surface area (Å²) >= 11 is 12.1. The lowest BCUT2D eigenvalue weighted by Gasteiger charge is -2.13. The Labute approximate surface area is 142 Å². The Balaban J connectivity index is 2.50. The van der Waals surface area contributed by atoms with Crippen LogP contribution in [0.25, 0.3) is 0 Å². The molecule has 0 aromatic heterocycles. The Morgan fingerprint density at radius 1 is 1.19 bits per heavy atom. The van der Waals surface area contributed by atoms with E-state index in [9.17, 15) is 12.8 Å². The standard InChI is InChI=1S/C12H8Br2ClFN2O2S/c13-6-1-2-10(17)11(3-6)21(19,20)18-12-8(14)4-7(16)5-9(12)15/h1-5,18H,17H2. The third-order valence-corrected chi connectivity index (χ3v) is 5.33. The quantitative estimate of drug-likeness (QED) is 0.671. The molecule has 0 atom stereocenters. The van der Waals surface area contributed by atoms with Crippen LogP contribution in [-0.2, 0) is 10.0 Å². The van der Waals surface area contributed by atoms with Crippen molar-refractivity contribution in [3.05, 3.63) is 50.1 Å². The van der Waals surface area contributed by atoms with Crippen molar-refractivity contribution in [3.63, 3.8) is 0 Å². The minimum atomic E-state index is -3.97. The Kier molecular flexibility index (Phi) is 4.82. The van der Waals surface area contributed by atoms with E-state index in [1.807, 2.05) is 0 Å². The van der Waals surface area contributed by atoms with E-state index < -0.39 is 15.8 Å². The van der Waals surface area contributed by atoms with Gasteiger partial charge in [0.25, 0.3) is 10.0 Å². The van der Waals surface area contributed by atoms with E-state index in [1.54, 1.807) is 6.07 Å². The lowest BCUT2D eigenvalue weighted by atomic mass is 10.3. The largest absolute Gasteiger partial charge is 0.398 e. The van der Waals surface area contributed by atoms with Gasteiger partial charge in [-0.25, -0.2) is 12.8 Å². The van der Waals surface area contributed by atoms with Crippen LogP contribution in [0.2, 0.25) is 5.02 Å². The number of nitrogens with one attached hydrogen (secondary N) is 1. The summed E-state index contributed by atoms with van der Waals surface area (Å²) in [5, 5.41) is -0.0704. The Hall–Kier alpha value is -0.830. The van der Waals surface area contributed by atoms with E-state index >= 15 is 0 Å². The fourth-order valence-corrected chi connectivity index (χ4v) is 4.43. The molecule has 0 amide bonds. The third-order valence-electron chi connectivity index (χ3n) is 2.51. The smallest absolute Gasteiger partial charge is 0.264 e. The van der Waals surface area contributed by atoms with Crippen molar-refractivity contribution in [3.8, 4) is 0 Å². The number of sulfonamides is 1. The van der Waals surface area contributed by atoms with E-state index in [-0.39, 0.29) is 25.8 Å². The summed E-state index contributed by atoms with van der Waals surface area (Å²) in [5.74, 6) is -0.586. The normalized spacial score (nSPS) is 11.4. The first-order valence-electron chi connectivity index (χ1n) is 5.43. The van der Waals surface area contributed by atoms with Gasteiger partial charge < -0.3 is 5.73 Å². The predicted octanol–water partition coefficient (Wildman–Crippen LogP) is 4.39. The second-order valence-electron chi connectivity index (χ2n) is 4.03. The molecule has 9 heteroatoms. The van der Waals surface area contributed by atoms with Gasteiger partial charge in [0.05, 0.1) is 16.4 Å². The van der Waals surface area contributed by atoms with Crippen molar-refractivity contribution in [2.24, 2.45) is 0 Å². The number of nitrogens with two attached hydrogens (primary N) is 1. The molecule has 0 fully saturated rings. The molecule has 112 valence electrons. The van der Waals surface area contributed by atoms with E-state index in [0.717, 1.165) is 12.1 Å². The molecule has 21 heavy (non-hydrogen) atoms. The maximum Gasteiger partial charge on any atom is 0.264 e. The summed E-state index contributed by atoms with van der Waals surface area (Å²) in [6.07, 6.45) is 0. The van der Waals surface area contributed by atoms with Crippen LogP contribution in [0.1, 0.15) is 0 Å². The van der Waals surface area contributed by atoms with Crippen LogP contribution in [-0.4, -0.2) is 8.42 Å². The first-order chi connectivity index (χ1) is 9.70. The van der Waals surface area contributed by atoms with Crippen molar-refractivity contribution in [1.29, 1.82) is 0 Å². The van der Waals surface area contributed by atoms with Crippen molar-refractivity contribution in [2.45, 2.75) is 4.90 Å². The number of hydrogen-bond donors (Lipinski definition) is 2. The molecular weight excluding hydrogens is 450 g/mol. The molecule has 0 heterocycles. The highest BCUT2D eigenvalue weighted by atomic mass is 79.9. The van der Waals surface area contributed by atoms with Gasteiger partial charge in [-0.05, 0) is 46.3 Å². The van der Waals surface area contributed by atoms with Gasteiger partial charge in [-0.1, -0.05) is 27.5 Å². The number of halogens is 4. The van der Waals surface area contributed by atoms with Crippen molar-refractivity contribution in [1.82, 2.24) is 0 Å². The van der Waals surface area contributed by atoms with E-state index in [2.05, 4.69) is 36.6 Å². The van der Waals surface area contributed by atoms with Crippen molar-refractivity contribution < 1.29 is 12.8 Å². The monoisotopic (exact) mass is 456 g/mol. The molecule has 4 nitrogen and oxygen atoms in total. The van der Waals surface area contributed by atoms with Gasteiger partial charge in [0.2, 0.25) is 0 Å². The maximum atomic E-state index is 13.2. The van der Waals surface area contributed by atoms with Crippen LogP contribution in [0.3, 0.4) is 0 Å². The third kappa shape index (κ3) is 3.68. The molecule has 0 radical (unpaired) electrons. The summed E-state index contributed by atoms with van der Waals surface area (Å²) in [7, 11) is -3.97. The number of hydrogen-bond acceptors (Lipinski definition) is 3. The molecule has 0 aliphatic carbocycles. The van der Waals surface area contributed by atoms with Crippen molar-refractivity contribution >= 4 is 64.9 Å². The number of nitrogen functional groups attached to an aromatic ring is 1. The SMILES string of the molecule is Nc1ccc(Br)cc1S(=O)(=O)Nc1c(Cl)cc(F)cc1Br. The summed E-state index contributed by atoms with van der Waals surface area (Å²) in [6.45, 7) is 0. The van der Waals surface area contributed by atoms with E-state index in [0.29, 0.717) is 4.47 Å². The number of benzene rings is 2. The molecular formula is C12H8Br2ClFN2O2S. The summed E-state index contributed by atoms with van der Waals surface area (Å²) in [6, 6.07) is 6.56. The van der Waals surface area contributed by atoms with Crippen molar-refractivity contribution in [2.75, 3.05) is 10.5 Å². The highest BCUT2D eigenvalue weighted by molar-refractivity contribution is 9.10. The lowest BCUT2D eigenvalue weighted by molar-refractivity contribution is 0.601. The van der Waals surface area contributed by atoms with Crippen LogP contribution in [0, 0.1) is 5.82 Å². The maximum absolute atomic E-state index is 13.2. The zero-order chi connectivity index (χ0) is 15.8. The highest BCUT2D eigenvalue weighted by Crippen LogP contribution is 2.34. The molecule has 0 saturated carbocycles. The zero-order valence-corrected chi connectivity index (χ0v) is 14.9. The molecule has 0 bridgehead atoms. The van der Waals surface area contributed by atoms with Crippen LogP contribution in [0.4, 0.5) is 15.8 Å². The lowest BCUT2D eigenvalue weighted by Crippen LogP contribution is -2.15. The summed E-state index contributed by atoms with van der Waals surface area (Å²) in [5.41, 5.74) is 5.81. The number of anilines is 2. The van der Waals surface area contributed by atoms with Gasteiger partial charge in [0, 0.05) is 8.95 Å². The second-order valence-corrected chi connectivity index (χ2v) is 7.86. The zero-order valence-electron chi connectivity index (χ0n) is 10.2. The van der Waals surface area contributed by atoms with Gasteiger partial charge in [0.1, 0.15) is 10.7 Å². The molecule has 3 N–H and O–H groups in total. The van der Waals surface area contributed by atoms with E-state index in [4.69, 9.17) is 17.3 Å². The molecule has 0 spiro atoms. The van der Waals surface area contributed by atoms with Gasteiger partial charge in [0.15, 0.2) is 0 Å². The molecule has 2 aromatic carbocycles. The predicted molar refractivity (Wildman–Crippen MR) is 88.5 cm³/mol. The van der Waals surface area contributed by atoms with E-state index in [1.165, 1.54) is 12.1 Å². The average Bonchev–Trinajstić information content (AvgIpc) is 2.36. The second kappa shape index (κ2) is 6.12. The minimum Gasteiger partial charge on any atom is -0.398 e. The summed E-state index contributed by atoms with van der Waals surface area (Å²) in [4.78, 5) is -0.107. The van der Waals surface area contributed by atoms with Crippen LogP contribution < -0.4 is 10.5 Å². The Morgan fingerprint density at radius 3 is 2.48 bits per heavy atom. The van der Waals surface area contributed by atoms with Crippen LogP contribution >= 0.6 is 43.5 Å². The van der Waals surface area contributed by atoms with Crippen LogP contribution in [0.15, 0.2) is 44.2 Å². The van der Waals surface area contributed by atoms with Gasteiger partial charge in [-0.15, -0.1) is 0 Å². The molecule has 0 aliphatic rings. The molecule has 0 unspecified atom stereocenters. The molecule has 2 rings (SSSR count). The van der Waals surface area contributed by atoms with Crippen LogP contribution in [0.5, 0.6) is 0 Å². The Bertz CT molecular complexity index is 792. The topological polar surface area (TPSA) is 72.2 Å². The molecule has 0 saturated heterocycles. The van der Waals surface area contributed by atoms with Gasteiger partial charge in [-0.3, -0.25) is 4.72 Å². The Morgan fingerprint density at radius 2 is 1.86 bits per heavy atom. The molecule has 0 aliphatic heterocycles. The summed E-state index contributed by atoms with van der Waals surface area (Å²) < 4.78 is 41.0. The fourth-order valence-electron chi connectivity index (χ4n) is 1.57. The highest BCUT2D eigenvalue weighted by Gasteiger charge is 2.21. The molecule has 2 aromatic rings. The van der Waals surface area contributed by atoms with Gasteiger partial charge >= 0.3 is 0 Å².